The van der Waals surface area contributed by atoms with Crippen LogP contribution in [0.1, 0.15) is 24.3 Å². The second kappa shape index (κ2) is 8.94. The Morgan fingerprint density at radius 2 is 1.71 bits per heavy atom. The molecule has 2 aromatic carbocycles. The van der Waals surface area contributed by atoms with Gasteiger partial charge in [-0.3, -0.25) is 4.79 Å². The lowest BCUT2D eigenvalue weighted by Gasteiger charge is -2.21. The van der Waals surface area contributed by atoms with Crippen LogP contribution < -0.4 is 15.5 Å². The zero-order chi connectivity index (χ0) is 19.9. The number of halogens is 1. The Morgan fingerprint density at radius 3 is 2.32 bits per heavy atom. The van der Waals surface area contributed by atoms with E-state index in [1.807, 2.05) is 24.3 Å². The number of hydrogen-bond acceptors (Lipinski definition) is 5. The molecule has 0 aliphatic carbocycles. The molecule has 0 fully saturated rings. The zero-order valence-corrected chi connectivity index (χ0v) is 15.8. The van der Waals surface area contributed by atoms with Crippen LogP contribution in [0.2, 0.25) is 0 Å². The van der Waals surface area contributed by atoms with Crippen molar-refractivity contribution in [1.29, 1.82) is 0 Å². The van der Waals surface area contributed by atoms with Crippen molar-refractivity contribution in [3.8, 4) is 0 Å². The van der Waals surface area contributed by atoms with E-state index in [-0.39, 0.29) is 17.4 Å². The van der Waals surface area contributed by atoms with Crippen molar-refractivity contribution in [1.82, 2.24) is 9.97 Å². The van der Waals surface area contributed by atoms with Crippen molar-refractivity contribution in [2.75, 3.05) is 28.6 Å². The highest BCUT2D eigenvalue weighted by Gasteiger charge is 2.10. The second-order valence-corrected chi connectivity index (χ2v) is 6.07. The molecule has 144 valence electrons. The molecular formula is C21H22FN5O. The average molecular weight is 379 g/mol. The van der Waals surface area contributed by atoms with Crippen LogP contribution in [0.15, 0.2) is 60.9 Å². The molecule has 0 radical (unpaired) electrons. The van der Waals surface area contributed by atoms with E-state index in [4.69, 9.17) is 0 Å². The number of hydrogen-bond donors (Lipinski definition) is 2. The Bertz CT molecular complexity index is 924. The van der Waals surface area contributed by atoms with Gasteiger partial charge in [-0.2, -0.15) is 0 Å². The molecule has 0 aliphatic rings. The third-order valence-electron chi connectivity index (χ3n) is 4.27. The summed E-state index contributed by atoms with van der Waals surface area (Å²) in [6.07, 6.45) is 2.74. The smallest absolute Gasteiger partial charge is 0.275 e. The van der Waals surface area contributed by atoms with E-state index >= 15 is 0 Å². The van der Waals surface area contributed by atoms with Crippen LogP contribution in [0, 0.1) is 5.82 Å². The second-order valence-electron chi connectivity index (χ2n) is 6.07. The van der Waals surface area contributed by atoms with Crippen molar-refractivity contribution in [3.05, 3.63) is 72.4 Å². The van der Waals surface area contributed by atoms with Gasteiger partial charge in [-0.05, 0) is 50.2 Å². The van der Waals surface area contributed by atoms with Gasteiger partial charge < -0.3 is 15.5 Å². The van der Waals surface area contributed by atoms with Crippen molar-refractivity contribution >= 4 is 28.8 Å². The van der Waals surface area contributed by atoms with Crippen LogP contribution in [0.3, 0.4) is 0 Å². The fraction of sp³-hybridized carbons (Fsp3) is 0.190. The van der Waals surface area contributed by atoms with Crippen LogP contribution in [-0.4, -0.2) is 29.0 Å². The lowest BCUT2D eigenvalue weighted by atomic mass is 10.2. The van der Waals surface area contributed by atoms with Gasteiger partial charge in [-0.15, -0.1) is 0 Å². The summed E-state index contributed by atoms with van der Waals surface area (Å²) in [4.78, 5) is 22.8. The van der Waals surface area contributed by atoms with Crippen molar-refractivity contribution in [2.45, 2.75) is 13.8 Å². The maximum Gasteiger partial charge on any atom is 0.275 e. The third kappa shape index (κ3) is 4.62. The van der Waals surface area contributed by atoms with E-state index in [1.165, 1.54) is 18.5 Å². The Morgan fingerprint density at radius 1 is 1.00 bits per heavy atom. The Labute approximate surface area is 163 Å². The highest BCUT2D eigenvalue weighted by molar-refractivity contribution is 6.02. The number of carbonyl (C=O) groups excluding carboxylic acids is 1. The number of nitrogens with zero attached hydrogens (tertiary/aromatic N) is 3. The molecule has 3 aromatic rings. The standard InChI is InChI=1S/C21H22FN5O/c1-3-27(4-2)16-11-9-15(10-12-16)25-21(28)19-13-24-20(14-23-19)26-18-8-6-5-7-17(18)22/h5-14H,3-4H2,1-2H3,(H,24,26)(H,25,28). The minimum absolute atomic E-state index is 0.173. The van der Waals surface area contributed by atoms with Gasteiger partial charge in [0.15, 0.2) is 0 Å². The normalized spacial score (nSPS) is 10.4. The summed E-state index contributed by atoms with van der Waals surface area (Å²) >= 11 is 0. The highest BCUT2D eigenvalue weighted by atomic mass is 19.1. The minimum Gasteiger partial charge on any atom is -0.372 e. The molecule has 1 amide bonds. The number of aromatic nitrogens is 2. The monoisotopic (exact) mass is 379 g/mol. The molecule has 0 bridgehead atoms. The van der Waals surface area contributed by atoms with Crippen molar-refractivity contribution in [2.24, 2.45) is 0 Å². The predicted octanol–water partition coefficient (Wildman–Crippen LogP) is 4.46. The number of amides is 1. The fourth-order valence-electron chi connectivity index (χ4n) is 2.75. The molecule has 0 aliphatic heterocycles. The van der Waals surface area contributed by atoms with E-state index < -0.39 is 0 Å². The van der Waals surface area contributed by atoms with Gasteiger partial charge in [0.2, 0.25) is 0 Å². The van der Waals surface area contributed by atoms with Crippen LogP contribution in [0.25, 0.3) is 0 Å². The first kappa shape index (κ1) is 19.3. The summed E-state index contributed by atoms with van der Waals surface area (Å²) in [5, 5.41) is 5.63. The largest absolute Gasteiger partial charge is 0.372 e. The fourth-order valence-corrected chi connectivity index (χ4v) is 2.75. The number of anilines is 4. The Hall–Kier alpha value is -3.48. The van der Waals surface area contributed by atoms with Gasteiger partial charge in [-0.25, -0.2) is 14.4 Å². The van der Waals surface area contributed by atoms with Gasteiger partial charge in [0.05, 0.1) is 18.1 Å². The van der Waals surface area contributed by atoms with E-state index in [9.17, 15) is 9.18 Å². The van der Waals surface area contributed by atoms with Gasteiger partial charge in [0, 0.05) is 24.5 Å². The Balaban J connectivity index is 1.64. The highest BCUT2D eigenvalue weighted by Crippen LogP contribution is 2.19. The predicted molar refractivity (Wildman–Crippen MR) is 110 cm³/mol. The zero-order valence-electron chi connectivity index (χ0n) is 15.8. The van der Waals surface area contributed by atoms with Crippen LogP contribution >= 0.6 is 0 Å². The molecule has 28 heavy (non-hydrogen) atoms. The van der Waals surface area contributed by atoms with Gasteiger partial charge in [0.25, 0.3) is 5.91 Å². The number of benzene rings is 2. The van der Waals surface area contributed by atoms with Crippen LogP contribution in [0.5, 0.6) is 0 Å². The number of carbonyl (C=O) groups is 1. The summed E-state index contributed by atoms with van der Waals surface area (Å²) < 4.78 is 13.7. The third-order valence-corrected chi connectivity index (χ3v) is 4.27. The maximum atomic E-state index is 13.7. The van der Waals surface area contributed by atoms with Crippen LogP contribution in [-0.2, 0) is 0 Å². The summed E-state index contributed by atoms with van der Waals surface area (Å²) in [7, 11) is 0. The average Bonchev–Trinajstić information content (AvgIpc) is 2.72. The molecule has 1 heterocycles. The maximum absolute atomic E-state index is 13.7. The molecule has 0 saturated heterocycles. The van der Waals surface area contributed by atoms with Crippen LogP contribution in [0.4, 0.5) is 27.3 Å². The quantitative estimate of drug-likeness (QED) is 0.634. The minimum atomic E-state index is -0.390. The molecule has 0 unspecified atom stereocenters. The summed E-state index contributed by atoms with van der Waals surface area (Å²) in [5.74, 6) is -0.398. The van der Waals surface area contributed by atoms with E-state index in [2.05, 4.69) is 39.3 Å². The molecule has 0 atom stereocenters. The lowest BCUT2D eigenvalue weighted by molar-refractivity contribution is 0.102. The molecule has 0 saturated carbocycles. The van der Waals surface area contributed by atoms with E-state index in [1.54, 1.807) is 18.2 Å². The van der Waals surface area contributed by atoms with E-state index in [0.717, 1.165) is 18.8 Å². The molecule has 2 N–H and O–H groups in total. The lowest BCUT2D eigenvalue weighted by Crippen LogP contribution is -2.21. The topological polar surface area (TPSA) is 70.2 Å². The molecular weight excluding hydrogens is 357 g/mol. The number of nitrogens with one attached hydrogen (secondary N) is 2. The summed E-state index contributed by atoms with van der Waals surface area (Å²) in [6, 6.07) is 13.9. The Kier molecular flexibility index (Phi) is 6.16. The molecule has 0 spiro atoms. The first-order valence-corrected chi connectivity index (χ1v) is 9.10. The first-order valence-electron chi connectivity index (χ1n) is 9.10. The molecule has 6 nitrogen and oxygen atoms in total. The van der Waals surface area contributed by atoms with E-state index in [0.29, 0.717) is 17.2 Å². The summed E-state index contributed by atoms with van der Waals surface area (Å²) in [6.45, 7) is 6.04. The van der Waals surface area contributed by atoms with Crippen molar-refractivity contribution < 1.29 is 9.18 Å². The molecule has 3 rings (SSSR count). The number of rotatable bonds is 7. The van der Waals surface area contributed by atoms with Gasteiger partial charge in [0.1, 0.15) is 17.3 Å². The molecule has 7 heteroatoms. The first-order chi connectivity index (χ1) is 13.6. The van der Waals surface area contributed by atoms with Crippen molar-refractivity contribution in [3.63, 3.8) is 0 Å². The summed E-state index contributed by atoms with van der Waals surface area (Å²) in [5.41, 5.74) is 2.25. The molecule has 1 aromatic heterocycles. The van der Waals surface area contributed by atoms with Gasteiger partial charge >= 0.3 is 0 Å². The van der Waals surface area contributed by atoms with Gasteiger partial charge in [-0.1, -0.05) is 12.1 Å². The number of para-hydroxylation sites is 1. The SMILES string of the molecule is CCN(CC)c1ccc(NC(=O)c2cnc(Nc3ccccc3F)cn2)cc1.